The van der Waals surface area contributed by atoms with Gasteiger partial charge in [-0.05, 0) is 33.1 Å². The summed E-state index contributed by atoms with van der Waals surface area (Å²) in [6, 6.07) is -0.908. The van der Waals surface area contributed by atoms with Crippen molar-refractivity contribution in [3.63, 3.8) is 0 Å². The fourth-order valence-electron chi connectivity index (χ4n) is 1.66. The minimum atomic E-state index is -1.06. The van der Waals surface area contributed by atoms with Crippen LogP contribution in [-0.4, -0.2) is 48.4 Å². The molecule has 0 aliphatic carbocycles. The molecule has 1 heterocycles. The van der Waals surface area contributed by atoms with E-state index in [4.69, 9.17) is 14.6 Å². The first-order valence-electron chi connectivity index (χ1n) is 6.27. The zero-order chi connectivity index (χ0) is 13.5. The van der Waals surface area contributed by atoms with Gasteiger partial charge in [-0.3, -0.25) is 9.59 Å². The summed E-state index contributed by atoms with van der Waals surface area (Å²) >= 11 is 0. The molecule has 1 aliphatic heterocycles. The molecular formula is C12H21NO5. The van der Waals surface area contributed by atoms with Crippen molar-refractivity contribution in [1.82, 2.24) is 5.32 Å². The lowest BCUT2D eigenvalue weighted by atomic mass is 10.1. The van der Waals surface area contributed by atoms with E-state index in [1.54, 1.807) is 6.92 Å². The minimum Gasteiger partial charge on any atom is -0.480 e. The van der Waals surface area contributed by atoms with Gasteiger partial charge >= 0.3 is 5.97 Å². The minimum absolute atomic E-state index is 0.0471. The van der Waals surface area contributed by atoms with E-state index in [0.29, 0.717) is 6.61 Å². The van der Waals surface area contributed by atoms with Crippen molar-refractivity contribution in [1.29, 1.82) is 0 Å². The molecule has 1 amide bonds. The quantitative estimate of drug-likeness (QED) is 0.727. The maximum atomic E-state index is 11.6. The van der Waals surface area contributed by atoms with Gasteiger partial charge < -0.3 is 19.9 Å². The summed E-state index contributed by atoms with van der Waals surface area (Å²) in [5.74, 6) is -1.48. The second-order valence-corrected chi connectivity index (χ2v) is 4.53. The largest absolute Gasteiger partial charge is 0.480 e. The number of hydrogen-bond donors (Lipinski definition) is 2. The highest BCUT2D eigenvalue weighted by molar-refractivity contribution is 5.85. The van der Waals surface area contributed by atoms with Gasteiger partial charge in [0.15, 0.2) is 0 Å². The predicted octanol–water partition coefficient (Wildman–Crippen LogP) is 0.550. The molecule has 3 atom stereocenters. The first-order valence-corrected chi connectivity index (χ1v) is 6.27. The number of nitrogens with one attached hydrogen (secondary N) is 1. The van der Waals surface area contributed by atoms with Crippen LogP contribution in [0.4, 0.5) is 0 Å². The van der Waals surface area contributed by atoms with Crippen molar-refractivity contribution in [2.45, 2.75) is 51.4 Å². The van der Waals surface area contributed by atoms with E-state index in [9.17, 15) is 9.59 Å². The lowest BCUT2D eigenvalue weighted by Gasteiger charge is -2.24. The molecule has 0 spiro atoms. The van der Waals surface area contributed by atoms with Crippen LogP contribution in [0.15, 0.2) is 0 Å². The van der Waals surface area contributed by atoms with Crippen LogP contribution in [0.3, 0.4) is 0 Å². The molecule has 2 N–H and O–H groups in total. The van der Waals surface area contributed by atoms with Crippen LogP contribution in [0.2, 0.25) is 0 Å². The molecule has 6 nitrogen and oxygen atoms in total. The monoisotopic (exact) mass is 259 g/mol. The van der Waals surface area contributed by atoms with Crippen LogP contribution in [0.25, 0.3) is 0 Å². The number of rotatable bonds is 6. The van der Waals surface area contributed by atoms with Crippen LogP contribution in [0.5, 0.6) is 0 Å². The summed E-state index contributed by atoms with van der Waals surface area (Å²) in [6.07, 6.45) is 2.51. The van der Waals surface area contributed by atoms with Crippen molar-refractivity contribution in [2.24, 2.45) is 0 Å². The maximum absolute atomic E-state index is 11.6. The normalized spacial score (nSPS) is 23.1. The Balaban J connectivity index is 2.24. The van der Waals surface area contributed by atoms with Gasteiger partial charge in [-0.1, -0.05) is 0 Å². The van der Waals surface area contributed by atoms with E-state index in [2.05, 4.69) is 5.32 Å². The first kappa shape index (κ1) is 14.9. The Morgan fingerprint density at radius 1 is 1.44 bits per heavy atom. The molecule has 0 aromatic carbocycles. The van der Waals surface area contributed by atoms with Crippen LogP contribution in [0.1, 0.15) is 33.1 Å². The number of hydrogen-bond acceptors (Lipinski definition) is 4. The highest BCUT2D eigenvalue weighted by atomic mass is 16.5. The lowest BCUT2D eigenvalue weighted by Crippen LogP contribution is -2.44. The molecule has 0 aromatic heterocycles. The highest BCUT2D eigenvalue weighted by Gasteiger charge is 2.21. The zero-order valence-corrected chi connectivity index (χ0v) is 10.8. The summed E-state index contributed by atoms with van der Waals surface area (Å²) in [5.41, 5.74) is 0. The average molecular weight is 259 g/mol. The number of amides is 1. The standard InChI is InChI=1S/C12H21NO5/c1-8(12(15)16)13-11(14)9(2)18-7-10-5-3-4-6-17-10/h8-10H,3-7H2,1-2H3,(H,13,14)(H,15,16)/t8-,9+,10-/m0/s1. The number of aliphatic carboxylic acids is 1. The summed E-state index contributed by atoms with van der Waals surface area (Å²) < 4.78 is 10.9. The molecule has 6 heteroatoms. The zero-order valence-electron chi connectivity index (χ0n) is 10.8. The van der Waals surface area contributed by atoms with E-state index in [-0.39, 0.29) is 6.10 Å². The third-order valence-corrected chi connectivity index (χ3v) is 2.90. The van der Waals surface area contributed by atoms with E-state index < -0.39 is 24.0 Å². The fourth-order valence-corrected chi connectivity index (χ4v) is 1.66. The first-order chi connectivity index (χ1) is 8.50. The predicted molar refractivity (Wildman–Crippen MR) is 64.2 cm³/mol. The summed E-state index contributed by atoms with van der Waals surface area (Å²) in [7, 11) is 0. The van der Waals surface area contributed by atoms with E-state index in [0.717, 1.165) is 25.9 Å². The maximum Gasteiger partial charge on any atom is 0.325 e. The van der Waals surface area contributed by atoms with Crippen LogP contribution in [0, 0.1) is 0 Å². The summed E-state index contributed by atoms with van der Waals surface area (Å²) in [4.78, 5) is 22.2. The van der Waals surface area contributed by atoms with Gasteiger partial charge in [-0.2, -0.15) is 0 Å². The van der Waals surface area contributed by atoms with Gasteiger partial charge in [0, 0.05) is 6.61 Å². The van der Waals surface area contributed by atoms with Gasteiger partial charge in [0.25, 0.3) is 0 Å². The molecule has 1 aliphatic rings. The van der Waals surface area contributed by atoms with Crippen molar-refractivity contribution < 1.29 is 24.2 Å². The van der Waals surface area contributed by atoms with Crippen molar-refractivity contribution >= 4 is 11.9 Å². The Bertz CT molecular complexity index is 288. The van der Waals surface area contributed by atoms with E-state index >= 15 is 0 Å². The van der Waals surface area contributed by atoms with Crippen molar-refractivity contribution in [3.05, 3.63) is 0 Å². The topological polar surface area (TPSA) is 84.9 Å². The Hall–Kier alpha value is -1.14. The molecule has 18 heavy (non-hydrogen) atoms. The second kappa shape index (κ2) is 7.33. The smallest absolute Gasteiger partial charge is 0.325 e. The van der Waals surface area contributed by atoms with Crippen LogP contribution in [-0.2, 0) is 19.1 Å². The second-order valence-electron chi connectivity index (χ2n) is 4.53. The molecule has 0 radical (unpaired) electrons. The van der Waals surface area contributed by atoms with Crippen molar-refractivity contribution in [2.75, 3.05) is 13.2 Å². The molecule has 1 saturated heterocycles. The Morgan fingerprint density at radius 3 is 2.72 bits per heavy atom. The average Bonchev–Trinajstić information content (AvgIpc) is 2.36. The Labute approximate surface area is 107 Å². The van der Waals surface area contributed by atoms with Crippen LogP contribution < -0.4 is 5.32 Å². The molecule has 0 bridgehead atoms. The van der Waals surface area contributed by atoms with Gasteiger partial charge in [0.05, 0.1) is 12.7 Å². The molecule has 104 valence electrons. The van der Waals surface area contributed by atoms with Crippen LogP contribution >= 0.6 is 0 Å². The summed E-state index contributed by atoms with van der Waals surface area (Å²) in [5, 5.41) is 11.0. The Morgan fingerprint density at radius 2 is 2.17 bits per heavy atom. The molecule has 0 unspecified atom stereocenters. The molecule has 1 fully saturated rings. The third-order valence-electron chi connectivity index (χ3n) is 2.90. The third kappa shape index (κ3) is 5.01. The number of carboxylic acid groups (broad SMARTS) is 1. The fraction of sp³-hybridized carbons (Fsp3) is 0.833. The van der Waals surface area contributed by atoms with Gasteiger partial charge in [-0.25, -0.2) is 0 Å². The number of carboxylic acids is 1. The number of carbonyl (C=O) groups excluding carboxylic acids is 1. The lowest BCUT2D eigenvalue weighted by molar-refractivity contribution is -0.144. The van der Waals surface area contributed by atoms with Gasteiger partial charge in [-0.15, -0.1) is 0 Å². The molecule has 0 aromatic rings. The van der Waals surface area contributed by atoms with E-state index in [1.165, 1.54) is 6.92 Å². The summed E-state index contributed by atoms with van der Waals surface area (Å²) in [6.45, 7) is 4.13. The Kier molecular flexibility index (Phi) is 6.07. The molecule has 0 saturated carbocycles. The number of carbonyl (C=O) groups is 2. The number of ether oxygens (including phenoxy) is 2. The highest BCUT2D eigenvalue weighted by Crippen LogP contribution is 2.13. The molecular weight excluding hydrogens is 238 g/mol. The van der Waals surface area contributed by atoms with Crippen molar-refractivity contribution in [3.8, 4) is 0 Å². The van der Waals surface area contributed by atoms with Gasteiger partial charge in [0.1, 0.15) is 12.1 Å². The van der Waals surface area contributed by atoms with E-state index in [1.807, 2.05) is 0 Å². The SMILES string of the molecule is C[C@H](NC(=O)[C@@H](C)OC[C@@H]1CCCCO1)C(=O)O. The van der Waals surface area contributed by atoms with Gasteiger partial charge in [0.2, 0.25) is 5.91 Å². The molecule has 1 rings (SSSR count).